The van der Waals surface area contributed by atoms with Crippen molar-refractivity contribution >= 4 is 11.6 Å². The number of nitrogens with one attached hydrogen (secondary N) is 1. The SMILES string of the molecule is CC1(C)COC(COc2ccccc2Cl)CN1. The Balaban J connectivity index is 1.82. The zero-order chi connectivity index (χ0) is 12.3. The molecular formula is C13H18ClNO2. The van der Waals surface area contributed by atoms with E-state index in [4.69, 9.17) is 21.1 Å². The van der Waals surface area contributed by atoms with Crippen LogP contribution in [0.3, 0.4) is 0 Å². The standard InChI is InChI=1S/C13H18ClNO2/c1-13(2)9-17-10(7-15-13)8-16-12-6-4-3-5-11(12)14/h3-6,10,15H,7-9H2,1-2H3. The van der Waals surface area contributed by atoms with Crippen LogP contribution >= 0.6 is 11.6 Å². The molecule has 1 aromatic rings. The smallest absolute Gasteiger partial charge is 0.138 e. The third-order valence-corrected chi connectivity index (χ3v) is 3.06. The summed E-state index contributed by atoms with van der Waals surface area (Å²) in [4.78, 5) is 0. The van der Waals surface area contributed by atoms with E-state index in [1.54, 1.807) is 0 Å². The molecule has 1 unspecified atom stereocenters. The van der Waals surface area contributed by atoms with E-state index in [0.29, 0.717) is 24.0 Å². The molecule has 0 aromatic heterocycles. The molecule has 1 fully saturated rings. The predicted molar refractivity (Wildman–Crippen MR) is 68.8 cm³/mol. The van der Waals surface area contributed by atoms with E-state index in [9.17, 15) is 0 Å². The fraction of sp³-hybridized carbons (Fsp3) is 0.538. The van der Waals surface area contributed by atoms with E-state index in [1.165, 1.54) is 0 Å². The molecule has 1 aliphatic rings. The lowest BCUT2D eigenvalue weighted by Gasteiger charge is -2.35. The normalized spacial score (nSPS) is 23.4. The quantitative estimate of drug-likeness (QED) is 0.900. The van der Waals surface area contributed by atoms with Gasteiger partial charge in [-0.1, -0.05) is 23.7 Å². The molecule has 3 nitrogen and oxygen atoms in total. The van der Waals surface area contributed by atoms with Gasteiger partial charge in [0.05, 0.1) is 11.6 Å². The van der Waals surface area contributed by atoms with Crippen molar-refractivity contribution in [1.82, 2.24) is 5.32 Å². The van der Waals surface area contributed by atoms with Crippen LogP contribution in [0, 0.1) is 0 Å². The molecule has 0 bridgehead atoms. The summed E-state index contributed by atoms with van der Waals surface area (Å²) in [6.45, 7) is 6.27. The maximum Gasteiger partial charge on any atom is 0.138 e. The summed E-state index contributed by atoms with van der Waals surface area (Å²) in [7, 11) is 0. The minimum absolute atomic E-state index is 0.0564. The molecule has 4 heteroatoms. The summed E-state index contributed by atoms with van der Waals surface area (Å²) in [5.41, 5.74) is 0.0564. The average molecular weight is 256 g/mol. The number of rotatable bonds is 3. The van der Waals surface area contributed by atoms with E-state index in [1.807, 2.05) is 24.3 Å². The Morgan fingerprint density at radius 1 is 1.47 bits per heavy atom. The van der Waals surface area contributed by atoms with Gasteiger partial charge < -0.3 is 14.8 Å². The molecule has 17 heavy (non-hydrogen) atoms. The number of hydrogen-bond donors (Lipinski definition) is 1. The van der Waals surface area contributed by atoms with Gasteiger partial charge in [-0.05, 0) is 26.0 Å². The second-order valence-corrected chi connectivity index (χ2v) is 5.35. The average Bonchev–Trinajstić information content (AvgIpc) is 2.30. The van der Waals surface area contributed by atoms with Gasteiger partial charge in [0.15, 0.2) is 0 Å². The third-order valence-electron chi connectivity index (χ3n) is 2.75. The lowest BCUT2D eigenvalue weighted by Crippen LogP contribution is -2.54. The first kappa shape index (κ1) is 12.7. The van der Waals surface area contributed by atoms with Crippen molar-refractivity contribution in [2.75, 3.05) is 19.8 Å². The molecule has 0 saturated carbocycles. The van der Waals surface area contributed by atoms with Crippen molar-refractivity contribution in [2.45, 2.75) is 25.5 Å². The van der Waals surface area contributed by atoms with Crippen LogP contribution in [0.25, 0.3) is 0 Å². The summed E-state index contributed by atoms with van der Waals surface area (Å²) in [5, 5.41) is 4.06. The van der Waals surface area contributed by atoms with Gasteiger partial charge in [-0.2, -0.15) is 0 Å². The second-order valence-electron chi connectivity index (χ2n) is 4.94. The highest BCUT2D eigenvalue weighted by molar-refractivity contribution is 6.32. The van der Waals surface area contributed by atoms with Gasteiger partial charge in [0.1, 0.15) is 18.5 Å². The largest absolute Gasteiger partial charge is 0.489 e. The molecule has 0 aliphatic carbocycles. The summed E-state index contributed by atoms with van der Waals surface area (Å²) in [6, 6.07) is 7.48. The van der Waals surface area contributed by atoms with Crippen LogP contribution in [0.4, 0.5) is 0 Å². The zero-order valence-electron chi connectivity index (χ0n) is 10.2. The van der Waals surface area contributed by atoms with E-state index in [-0.39, 0.29) is 11.6 Å². The predicted octanol–water partition coefficient (Wildman–Crippen LogP) is 2.49. The fourth-order valence-corrected chi connectivity index (χ4v) is 1.87. The maximum absolute atomic E-state index is 6.01. The van der Waals surface area contributed by atoms with Crippen molar-refractivity contribution in [3.8, 4) is 5.75 Å². The van der Waals surface area contributed by atoms with E-state index in [2.05, 4.69) is 19.2 Å². The number of morpholine rings is 1. The second kappa shape index (κ2) is 5.25. The summed E-state index contributed by atoms with van der Waals surface area (Å²) in [5.74, 6) is 0.711. The van der Waals surface area contributed by atoms with Crippen LogP contribution in [0.5, 0.6) is 5.75 Å². The highest BCUT2D eigenvalue weighted by Crippen LogP contribution is 2.23. The Bertz CT molecular complexity index is 371. The molecule has 94 valence electrons. The van der Waals surface area contributed by atoms with Crippen LogP contribution in [0.2, 0.25) is 5.02 Å². The fourth-order valence-electron chi connectivity index (χ4n) is 1.68. The number of ether oxygens (including phenoxy) is 2. The third kappa shape index (κ3) is 3.60. The first-order chi connectivity index (χ1) is 8.07. The van der Waals surface area contributed by atoms with Gasteiger partial charge >= 0.3 is 0 Å². The summed E-state index contributed by atoms with van der Waals surface area (Å²) in [6.07, 6.45) is 0.0827. The number of para-hydroxylation sites is 1. The van der Waals surface area contributed by atoms with Crippen LogP contribution in [-0.4, -0.2) is 31.4 Å². The van der Waals surface area contributed by atoms with Crippen LogP contribution in [0.15, 0.2) is 24.3 Å². The van der Waals surface area contributed by atoms with E-state index in [0.717, 1.165) is 6.54 Å². The van der Waals surface area contributed by atoms with Gasteiger partial charge in [-0.3, -0.25) is 0 Å². The minimum atomic E-state index is 0.0564. The Hall–Kier alpha value is -0.770. The van der Waals surface area contributed by atoms with Crippen molar-refractivity contribution < 1.29 is 9.47 Å². The molecule has 0 radical (unpaired) electrons. The topological polar surface area (TPSA) is 30.5 Å². The van der Waals surface area contributed by atoms with Gasteiger partial charge in [-0.25, -0.2) is 0 Å². The molecule has 1 N–H and O–H groups in total. The molecular weight excluding hydrogens is 238 g/mol. The van der Waals surface area contributed by atoms with Crippen molar-refractivity contribution in [1.29, 1.82) is 0 Å². The molecule has 0 amide bonds. The molecule has 2 rings (SSSR count). The Kier molecular flexibility index (Phi) is 3.92. The lowest BCUT2D eigenvalue weighted by atomic mass is 10.1. The molecule has 1 atom stereocenters. The summed E-state index contributed by atoms with van der Waals surface area (Å²) >= 11 is 6.01. The van der Waals surface area contributed by atoms with Crippen molar-refractivity contribution in [2.24, 2.45) is 0 Å². The Morgan fingerprint density at radius 3 is 2.88 bits per heavy atom. The number of benzene rings is 1. The number of halogens is 1. The number of hydrogen-bond acceptors (Lipinski definition) is 3. The lowest BCUT2D eigenvalue weighted by molar-refractivity contribution is -0.0411. The van der Waals surface area contributed by atoms with E-state index < -0.39 is 0 Å². The monoisotopic (exact) mass is 255 g/mol. The molecule has 1 heterocycles. The zero-order valence-corrected chi connectivity index (χ0v) is 11.0. The van der Waals surface area contributed by atoms with Crippen LogP contribution in [-0.2, 0) is 4.74 Å². The van der Waals surface area contributed by atoms with Crippen LogP contribution < -0.4 is 10.1 Å². The maximum atomic E-state index is 6.01. The van der Waals surface area contributed by atoms with Gasteiger partial charge in [0.2, 0.25) is 0 Å². The minimum Gasteiger partial charge on any atom is -0.489 e. The Labute approximate surface area is 107 Å². The highest BCUT2D eigenvalue weighted by atomic mass is 35.5. The van der Waals surface area contributed by atoms with Gasteiger partial charge in [0.25, 0.3) is 0 Å². The first-order valence-electron chi connectivity index (χ1n) is 5.81. The Morgan fingerprint density at radius 2 is 2.24 bits per heavy atom. The highest BCUT2D eigenvalue weighted by Gasteiger charge is 2.27. The molecule has 1 saturated heterocycles. The van der Waals surface area contributed by atoms with E-state index >= 15 is 0 Å². The first-order valence-corrected chi connectivity index (χ1v) is 6.19. The molecule has 0 spiro atoms. The van der Waals surface area contributed by atoms with Crippen LogP contribution in [0.1, 0.15) is 13.8 Å². The van der Waals surface area contributed by atoms with Gasteiger partial charge in [0, 0.05) is 12.1 Å². The van der Waals surface area contributed by atoms with Crippen molar-refractivity contribution in [3.05, 3.63) is 29.3 Å². The van der Waals surface area contributed by atoms with Crippen molar-refractivity contribution in [3.63, 3.8) is 0 Å². The molecule has 1 aromatic carbocycles. The van der Waals surface area contributed by atoms with Gasteiger partial charge in [-0.15, -0.1) is 0 Å². The summed E-state index contributed by atoms with van der Waals surface area (Å²) < 4.78 is 11.4. The molecule has 1 aliphatic heterocycles.